The normalized spacial score (nSPS) is 19.4. The second-order valence-corrected chi connectivity index (χ2v) is 3.90. The summed E-state index contributed by atoms with van der Waals surface area (Å²) >= 11 is 0. The van der Waals surface area contributed by atoms with Crippen molar-refractivity contribution in [3.63, 3.8) is 0 Å². The van der Waals surface area contributed by atoms with E-state index < -0.39 is 0 Å². The zero-order valence-electron chi connectivity index (χ0n) is 8.48. The van der Waals surface area contributed by atoms with Crippen LogP contribution in [0.1, 0.15) is 53.4 Å². The number of unbranched alkanes of at least 4 members (excludes halogenated alkanes) is 1. The van der Waals surface area contributed by atoms with E-state index in [1.807, 2.05) is 0 Å². The first-order valence-corrected chi connectivity index (χ1v) is 4.83. The van der Waals surface area contributed by atoms with E-state index in [-0.39, 0.29) is 5.54 Å². The van der Waals surface area contributed by atoms with E-state index in [1.54, 1.807) is 0 Å². The monoisotopic (exact) mass is 157 g/mol. The van der Waals surface area contributed by atoms with Crippen molar-refractivity contribution >= 4 is 0 Å². The minimum absolute atomic E-state index is 0.0508. The van der Waals surface area contributed by atoms with Crippen LogP contribution in [-0.4, -0.2) is 5.54 Å². The molecule has 0 saturated heterocycles. The van der Waals surface area contributed by atoms with Gasteiger partial charge in [0, 0.05) is 5.54 Å². The highest BCUT2D eigenvalue weighted by molar-refractivity contribution is 4.82. The zero-order chi connectivity index (χ0) is 8.91. The molecule has 0 aliphatic carbocycles. The lowest BCUT2D eigenvalue weighted by Crippen LogP contribution is -2.42. The lowest BCUT2D eigenvalue weighted by Gasteiger charge is -2.30. The second-order valence-electron chi connectivity index (χ2n) is 3.90. The quantitative estimate of drug-likeness (QED) is 0.652. The first kappa shape index (κ1) is 11.0. The summed E-state index contributed by atoms with van der Waals surface area (Å²) in [4.78, 5) is 0. The van der Waals surface area contributed by atoms with Gasteiger partial charge in [0.1, 0.15) is 0 Å². The van der Waals surface area contributed by atoms with Gasteiger partial charge in [-0.15, -0.1) is 0 Å². The van der Waals surface area contributed by atoms with Crippen molar-refractivity contribution in [3.05, 3.63) is 0 Å². The molecule has 0 aromatic heterocycles. The molecule has 68 valence electrons. The van der Waals surface area contributed by atoms with E-state index in [9.17, 15) is 0 Å². The Morgan fingerprint density at radius 2 is 1.91 bits per heavy atom. The highest BCUT2D eigenvalue weighted by atomic mass is 14.7. The van der Waals surface area contributed by atoms with Crippen molar-refractivity contribution in [3.8, 4) is 0 Å². The molecule has 1 heteroatoms. The molecule has 0 amide bonds. The number of rotatable bonds is 5. The van der Waals surface area contributed by atoms with Crippen LogP contribution in [0.25, 0.3) is 0 Å². The molecule has 0 heterocycles. The molecule has 0 aromatic carbocycles. The maximum Gasteiger partial charge on any atom is 0.0149 e. The van der Waals surface area contributed by atoms with Gasteiger partial charge in [0.05, 0.1) is 0 Å². The van der Waals surface area contributed by atoms with Gasteiger partial charge in [-0.3, -0.25) is 0 Å². The Kier molecular flexibility index (Phi) is 4.74. The smallest absolute Gasteiger partial charge is 0.0149 e. The van der Waals surface area contributed by atoms with Crippen LogP contribution in [0.3, 0.4) is 0 Å². The van der Waals surface area contributed by atoms with E-state index in [0.717, 1.165) is 6.42 Å². The summed E-state index contributed by atoms with van der Waals surface area (Å²) in [6.07, 6.45) is 4.95. The van der Waals surface area contributed by atoms with Gasteiger partial charge in [0.25, 0.3) is 0 Å². The fourth-order valence-electron chi connectivity index (χ4n) is 1.19. The summed E-state index contributed by atoms with van der Waals surface area (Å²) in [6.45, 7) is 8.82. The van der Waals surface area contributed by atoms with Gasteiger partial charge in [-0.05, 0) is 25.7 Å². The molecular weight excluding hydrogens is 134 g/mol. The molecule has 0 fully saturated rings. The van der Waals surface area contributed by atoms with Crippen LogP contribution >= 0.6 is 0 Å². The van der Waals surface area contributed by atoms with Gasteiger partial charge < -0.3 is 5.73 Å². The fourth-order valence-corrected chi connectivity index (χ4v) is 1.19. The molecule has 2 unspecified atom stereocenters. The Bertz CT molecular complexity index is 97.0. The van der Waals surface area contributed by atoms with Crippen LogP contribution in [-0.2, 0) is 0 Å². The average molecular weight is 157 g/mol. The van der Waals surface area contributed by atoms with Crippen LogP contribution in [0.15, 0.2) is 0 Å². The number of nitrogens with two attached hydrogens (primary N) is 1. The first-order valence-electron chi connectivity index (χ1n) is 4.83. The minimum Gasteiger partial charge on any atom is -0.325 e. The van der Waals surface area contributed by atoms with Crippen molar-refractivity contribution in [1.82, 2.24) is 0 Å². The number of hydrogen-bond donors (Lipinski definition) is 1. The van der Waals surface area contributed by atoms with Crippen LogP contribution < -0.4 is 5.73 Å². The van der Waals surface area contributed by atoms with E-state index >= 15 is 0 Å². The third kappa shape index (κ3) is 3.76. The van der Waals surface area contributed by atoms with Crippen molar-refractivity contribution in [2.24, 2.45) is 11.7 Å². The van der Waals surface area contributed by atoms with Gasteiger partial charge in [-0.25, -0.2) is 0 Å². The van der Waals surface area contributed by atoms with Gasteiger partial charge in [0.15, 0.2) is 0 Å². The Morgan fingerprint density at radius 1 is 1.36 bits per heavy atom. The first-order chi connectivity index (χ1) is 5.04. The van der Waals surface area contributed by atoms with Crippen molar-refractivity contribution in [1.29, 1.82) is 0 Å². The molecule has 0 spiro atoms. The zero-order valence-corrected chi connectivity index (χ0v) is 8.48. The molecule has 1 nitrogen and oxygen atoms in total. The lowest BCUT2D eigenvalue weighted by atomic mass is 9.82. The van der Waals surface area contributed by atoms with E-state index in [4.69, 9.17) is 5.73 Å². The van der Waals surface area contributed by atoms with Gasteiger partial charge in [0.2, 0.25) is 0 Å². The molecule has 0 saturated carbocycles. The fraction of sp³-hybridized carbons (Fsp3) is 1.00. The third-order valence-corrected chi connectivity index (χ3v) is 2.88. The third-order valence-electron chi connectivity index (χ3n) is 2.88. The molecule has 2 N–H and O–H groups in total. The second kappa shape index (κ2) is 4.76. The molecule has 2 atom stereocenters. The van der Waals surface area contributed by atoms with Gasteiger partial charge >= 0.3 is 0 Å². The topological polar surface area (TPSA) is 26.0 Å². The Labute approximate surface area is 71.4 Å². The van der Waals surface area contributed by atoms with E-state index in [0.29, 0.717) is 5.92 Å². The highest BCUT2D eigenvalue weighted by Crippen LogP contribution is 2.22. The van der Waals surface area contributed by atoms with Crippen molar-refractivity contribution in [2.45, 2.75) is 58.9 Å². The highest BCUT2D eigenvalue weighted by Gasteiger charge is 2.22. The molecule has 0 radical (unpaired) electrons. The summed E-state index contributed by atoms with van der Waals surface area (Å²) in [5.74, 6) is 0.660. The SMILES string of the molecule is CCCCC(C)C(C)(N)CC. The van der Waals surface area contributed by atoms with Crippen LogP contribution in [0.5, 0.6) is 0 Å². The van der Waals surface area contributed by atoms with Crippen LogP contribution in [0.2, 0.25) is 0 Å². The van der Waals surface area contributed by atoms with Gasteiger partial charge in [-0.2, -0.15) is 0 Å². The molecule has 11 heavy (non-hydrogen) atoms. The Balaban J connectivity index is 3.71. The molecule has 0 bridgehead atoms. The summed E-state index contributed by atoms with van der Waals surface area (Å²) in [5.41, 5.74) is 6.15. The van der Waals surface area contributed by atoms with Gasteiger partial charge in [-0.1, -0.05) is 33.6 Å². The molecule has 0 aliphatic rings. The largest absolute Gasteiger partial charge is 0.325 e. The van der Waals surface area contributed by atoms with Crippen LogP contribution in [0, 0.1) is 5.92 Å². The summed E-state index contributed by atoms with van der Waals surface area (Å²) < 4.78 is 0. The predicted molar refractivity (Wildman–Crippen MR) is 51.6 cm³/mol. The van der Waals surface area contributed by atoms with E-state index in [1.165, 1.54) is 19.3 Å². The predicted octanol–water partition coefficient (Wildman–Crippen LogP) is 2.94. The molecule has 0 aliphatic heterocycles. The average Bonchev–Trinajstić information content (AvgIpc) is 2.00. The van der Waals surface area contributed by atoms with Crippen molar-refractivity contribution < 1.29 is 0 Å². The van der Waals surface area contributed by atoms with Crippen molar-refractivity contribution in [2.75, 3.05) is 0 Å². The summed E-state index contributed by atoms with van der Waals surface area (Å²) in [5, 5.41) is 0. The Hall–Kier alpha value is -0.0400. The summed E-state index contributed by atoms with van der Waals surface area (Å²) in [7, 11) is 0. The maximum absolute atomic E-state index is 6.10. The molecule has 0 aromatic rings. The molecular formula is C10H23N. The van der Waals surface area contributed by atoms with Crippen LogP contribution in [0.4, 0.5) is 0 Å². The minimum atomic E-state index is 0.0508. The molecule has 0 rings (SSSR count). The maximum atomic E-state index is 6.10. The van der Waals surface area contributed by atoms with E-state index in [2.05, 4.69) is 27.7 Å². The number of hydrogen-bond acceptors (Lipinski definition) is 1. The lowest BCUT2D eigenvalue weighted by molar-refractivity contribution is 0.285. The standard InChI is InChI=1S/C10H23N/c1-5-7-8-9(3)10(4,11)6-2/h9H,5-8,11H2,1-4H3. The summed E-state index contributed by atoms with van der Waals surface area (Å²) in [6, 6.07) is 0. The Morgan fingerprint density at radius 3 is 2.27 bits per heavy atom.